The molecule has 0 amide bonds. The molecule has 9 aromatic rings. The van der Waals surface area contributed by atoms with E-state index in [1.807, 2.05) is 24.3 Å². The lowest BCUT2D eigenvalue weighted by Gasteiger charge is -2.11. The maximum Gasteiger partial charge on any atom is 0.196 e. The second-order valence-corrected chi connectivity index (χ2v) is 12.2. The predicted octanol–water partition coefficient (Wildman–Crippen LogP) is 10.3. The van der Waals surface area contributed by atoms with E-state index in [2.05, 4.69) is 119 Å². The first-order chi connectivity index (χ1) is 21.2. The van der Waals surface area contributed by atoms with Gasteiger partial charge in [0.15, 0.2) is 5.43 Å². The van der Waals surface area contributed by atoms with Gasteiger partial charge < -0.3 is 9.13 Å². The Labute approximate surface area is 251 Å². The van der Waals surface area contributed by atoms with Crippen LogP contribution in [0.25, 0.3) is 80.6 Å². The van der Waals surface area contributed by atoms with Crippen LogP contribution in [0, 0.1) is 0 Å². The lowest BCUT2D eigenvalue weighted by molar-refractivity contribution is 0.829. The number of fused-ring (bicyclic) bond motifs is 9. The molecule has 0 atom stereocenters. The van der Waals surface area contributed by atoms with Gasteiger partial charge in [-0.05, 0) is 66.6 Å². The van der Waals surface area contributed by atoms with Gasteiger partial charge in [0.25, 0.3) is 0 Å². The highest BCUT2D eigenvalue weighted by Crippen LogP contribution is 2.41. The summed E-state index contributed by atoms with van der Waals surface area (Å²) in [5.41, 5.74) is 8.17. The molecule has 0 N–H and O–H groups in total. The van der Waals surface area contributed by atoms with E-state index in [1.54, 1.807) is 11.3 Å². The highest BCUT2D eigenvalue weighted by molar-refractivity contribution is 7.24. The average Bonchev–Trinajstić information content (AvgIpc) is 3.57. The van der Waals surface area contributed by atoms with Gasteiger partial charge in [-0.2, -0.15) is 0 Å². The van der Waals surface area contributed by atoms with E-state index >= 15 is 0 Å². The summed E-state index contributed by atoms with van der Waals surface area (Å²) in [7, 11) is 0. The van der Waals surface area contributed by atoms with Gasteiger partial charge in [-0.25, -0.2) is 0 Å². The molecule has 0 bridgehead atoms. The molecule has 3 nitrogen and oxygen atoms in total. The summed E-state index contributed by atoms with van der Waals surface area (Å²) in [5, 5.41) is 6.71. The van der Waals surface area contributed by atoms with Crippen LogP contribution in [-0.4, -0.2) is 9.13 Å². The first kappa shape index (κ1) is 24.4. The van der Waals surface area contributed by atoms with E-state index in [9.17, 15) is 4.79 Å². The van der Waals surface area contributed by atoms with Crippen molar-refractivity contribution in [2.75, 3.05) is 0 Å². The fourth-order valence-corrected chi connectivity index (χ4v) is 8.19. The summed E-state index contributed by atoms with van der Waals surface area (Å²) < 4.78 is 6.88. The van der Waals surface area contributed by atoms with Crippen molar-refractivity contribution < 1.29 is 0 Å². The van der Waals surface area contributed by atoms with Crippen molar-refractivity contribution in [3.63, 3.8) is 0 Å². The minimum absolute atomic E-state index is 0.0988. The van der Waals surface area contributed by atoms with Crippen LogP contribution in [0.3, 0.4) is 0 Å². The zero-order valence-electron chi connectivity index (χ0n) is 23.5. The van der Waals surface area contributed by atoms with Gasteiger partial charge in [-0.3, -0.25) is 4.79 Å². The van der Waals surface area contributed by atoms with Gasteiger partial charge in [-0.15, -0.1) is 11.3 Å². The Morgan fingerprint density at radius 1 is 0.558 bits per heavy atom. The Kier molecular flexibility index (Phi) is 5.20. The third-order valence-corrected chi connectivity index (χ3v) is 10.1. The Hall–Kier alpha value is -5.19. The topological polar surface area (TPSA) is 26.9 Å². The number of aryl methyl sites for hydroxylation is 1. The smallest absolute Gasteiger partial charge is 0.196 e. The molecular formula is C39H26N2OS. The lowest BCUT2D eigenvalue weighted by atomic mass is 10.0. The molecule has 0 aliphatic rings. The third kappa shape index (κ3) is 3.38. The molecule has 3 heterocycles. The average molecular weight is 571 g/mol. The van der Waals surface area contributed by atoms with Crippen molar-refractivity contribution in [2.45, 2.75) is 13.5 Å². The van der Waals surface area contributed by atoms with Crippen molar-refractivity contribution in [3.05, 3.63) is 138 Å². The molecule has 3 aromatic heterocycles. The molecule has 6 aromatic carbocycles. The Morgan fingerprint density at radius 2 is 1.26 bits per heavy atom. The van der Waals surface area contributed by atoms with Crippen LogP contribution in [0.15, 0.2) is 132 Å². The molecule has 0 aliphatic heterocycles. The summed E-state index contributed by atoms with van der Waals surface area (Å²) in [6.07, 6.45) is 0. The third-order valence-electron chi connectivity index (χ3n) is 8.92. The van der Waals surface area contributed by atoms with Crippen LogP contribution in [0.5, 0.6) is 0 Å². The minimum atomic E-state index is 0.0988. The summed E-state index contributed by atoms with van der Waals surface area (Å²) in [5.74, 6) is 0. The largest absolute Gasteiger partial charge is 0.340 e. The molecular weight excluding hydrogens is 545 g/mol. The van der Waals surface area contributed by atoms with E-state index in [0.29, 0.717) is 0 Å². The number of rotatable bonds is 3. The molecule has 0 saturated carbocycles. The number of aromatic nitrogens is 2. The van der Waals surface area contributed by atoms with E-state index in [4.69, 9.17) is 0 Å². The first-order valence-corrected chi connectivity index (χ1v) is 15.5. The lowest BCUT2D eigenvalue weighted by Crippen LogP contribution is -2.02. The second kappa shape index (κ2) is 9.15. The molecule has 0 spiro atoms. The van der Waals surface area contributed by atoms with Crippen molar-refractivity contribution in [3.8, 4) is 16.8 Å². The zero-order valence-corrected chi connectivity index (χ0v) is 24.4. The van der Waals surface area contributed by atoms with Crippen molar-refractivity contribution >= 4 is 75.1 Å². The molecule has 204 valence electrons. The number of benzene rings is 6. The number of nitrogens with zero attached hydrogens (tertiary/aromatic N) is 2. The molecule has 43 heavy (non-hydrogen) atoms. The molecule has 4 heteroatoms. The molecule has 0 aliphatic carbocycles. The van der Waals surface area contributed by atoms with Gasteiger partial charge in [0.05, 0.1) is 16.6 Å². The van der Waals surface area contributed by atoms with E-state index in [0.717, 1.165) is 43.5 Å². The van der Waals surface area contributed by atoms with Gasteiger partial charge in [0.2, 0.25) is 0 Å². The van der Waals surface area contributed by atoms with Crippen LogP contribution >= 0.6 is 11.3 Å². The quantitative estimate of drug-likeness (QED) is 0.194. The fraction of sp³-hybridized carbons (Fsp3) is 0.0513. The molecule has 0 unspecified atom stereocenters. The van der Waals surface area contributed by atoms with E-state index in [-0.39, 0.29) is 5.43 Å². The van der Waals surface area contributed by atoms with Crippen molar-refractivity contribution in [2.24, 2.45) is 0 Å². The molecule has 0 radical (unpaired) electrons. The van der Waals surface area contributed by atoms with Crippen LogP contribution in [0.2, 0.25) is 0 Å². The first-order valence-electron chi connectivity index (χ1n) is 14.7. The van der Waals surface area contributed by atoms with Gasteiger partial charge in [0.1, 0.15) is 0 Å². The van der Waals surface area contributed by atoms with Crippen LogP contribution in [0.1, 0.15) is 6.92 Å². The summed E-state index contributed by atoms with van der Waals surface area (Å²) in [6.45, 7) is 3.13. The SMILES string of the molecule is CCn1c2ccccc2c2ccc3c(c4ccccc4n3-c3ccc(-c4cccc5sc6ccccc6c(=O)c45)cc3)c21. The summed E-state index contributed by atoms with van der Waals surface area (Å²) >= 11 is 1.68. The van der Waals surface area contributed by atoms with Crippen LogP contribution in [0.4, 0.5) is 0 Å². The van der Waals surface area contributed by atoms with Gasteiger partial charge in [-0.1, -0.05) is 78.9 Å². The Morgan fingerprint density at radius 3 is 2.07 bits per heavy atom. The van der Waals surface area contributed by atoms with Crippen molar-refractivity contribution in [1.82, 2.24) is 9.13 Å². The monoisotopic (exact) mass is 570 g/mol. The summed E-state index contributed by atoms with van der Waals surface area (Å²) in [4.78, 5) is 13.7. The van der Waals surface area contributed by atoms with Gasteiger partial charge in [0, 0.05) is 59.5 Å². The fourth-order valence-electron chi connectivity index (χ4n) is 7.08. The highest BCUT2D eigenvalue weighted by atomic mass is 32.1. The predicted molar refractivity (Wildman–Crippen MR) is 184 cm³/mol. The Bertz CT molecular complexity index is 2620. The second-order valence-electron chi connectivity index (χ2n) is 11.1. The zero-order chi connectivity index (χ0) is 28.7. The normalized spacial score (nSPS) is 12.0. The van der Waals surface area contributed by atoms with E-state index < -0.39 is 0 Å². The maximum absolute atomic E-state index is 13.7. The van der Waals surface area contributed by atoms with Crippen LogP contribution in [-0.2, 0) is 6.54 Å². The number of para-hydroxylation sites is 2. The highest BCUT2D eigenvalue weighted by Gasteiger charge is 2.19. The molecule has 0 saturated heterocycles. The maximum atomic E-state index is 13.7. The van der Waals surface area contributed by atoms with E-state index in [1.165, 1.54) is 43.6 Å². The minimum Gasteiger partial charge on any atom is -0.340 e. The molecule has 9 rings (SSSR count). The number of hydrogen-bond acceptors (Lipinski definition) is 2. The van der Waals surface area contributed by atoms with Crippen molar-refractivity contribution in [1.29, 1.82) is 0 Å². The summed E-state index contributed by atoms with van der Waals surface area (Å²) in [6, 6.07) is 44.8. The molecule has 0 fully saturated rings. The van der Waals surface area contributed by atoms with Crippen LogP contribution < -0.4 is 5.43 Å². The Balaban J connectivity index is 1.28. The van der Waals surface area contributed by atoms with Gasteiger partial charge >= 0.3 is 0 Å². The standard InChI is InChI=1S/C39H26N2OS/c1-2-40-31-14-6-3-10-27(31)28-22-23-33-36(38(28)40)29-11-4-7-15-32(29)41(33)25-20-18-24(19-21-25)26-13-9-17-35-37(26)39(42)30-12-5-8-16-34(30)43-35/h3-23H,2H2,1H3. The number of hydrogen-bond donors (Lipinski definition) is 0.